The van der Waals surface area contributed by atoms with Crippen LogP contribution in [0.1, 0.15) is 18.6 Å². The van der Waals surface area contributed by atoms with Crippen LogP contribution in [0.3, 0.4) is 0 Å². The lowest BCUT2D eigenvalue weighted by molar-refractivity contribution is -0.114. The number of ether oxygens (including phenoxy) is 1. The number of nitrogens with two attached hydrogens (primary N) is 1. The molecule has 6 nitrogen and oxygen atoms in total. The SMILES string of the molecule is CC(=O)Nc1ccc(OC(Cn2ccnc2)c2ccc(Cl)cc2Cl)cc1N. The van der Waals surface area contributed by atoms with Crippen molar-refractivity contribution in [2.75, 3.05) is 11.1 Å². The number of hydrogen-bond acceptors (Lipinski definition) is 4. The van der Waals surface area contributed by atoms with Crippen molar-refractivity contribution in [2.24, 2.45) is 0 Å². The highest BCUT2D eigenvalue weighted by Crippen LogP contribution is 2.33. The zero-order valence-electron chi connectivity index (χ0n) is 14.5. The molecule has 140 valence electrons. The van der Waals surface area contributed by atoms with E-state index in [1.807, 2.05) is 16.8 Å². The summed E-state index contributed by atoms with van der Waals surface area (Å²) in [5, 5.41) is 3.73. The number of halogens is 2. The third-order valence-electron chi connectivity index (χ3n) is 3.86. The van der Waals surface area contributed by atoms with Crippen LogP contribution in [0, 0.1) is 0 Å². The topological polar surface area (TPSA) is 82.2 Å². The molecule has 0 aliphatic rings. The standard InChI is InChI=1S/C19H18Cl2N4O2/c1-12(26)24-18-5-3-14(9-17(18)22)27-19(10-25-7-6-23-11-25)15-4-2-13(20)8-16(15)21/h2-9,11,19H,10,22H2,1H3,(H,24,26). The maximum Gasteiger partial charge on any atom is 0.221 e. The molecule has 0 aliphatic carbocycles. The minimum atomic E-state index is -0.394. The number of amides is 1. The Kier molecular flexibility index (Phi) is 5.88. The van der Waals surface area contributed by atoms with Gasteiger partial charge in [0.2, 0.25) is 5.91 Å². The van der Waals surface area contributed by atoms with E-state index in [4.69, 9.17) is 33.7 Å². The zero-order chi connectivity index (χ0) is 19.4. The summed E-state index contributed by atoms with van der Waals surface area (Å²) >= 11 is 12.4. The molecule has 0 saturated heterocycles. The molecular formula is C19H18Cl2N4O2. The van der Waals surface area contributed by atoms with Gasteiger partial charge in [-0.2, -0.15) is 0 Å². The first-order valence-electron chi connectivity index (χ1n) is 8.17. The first-order chi connectivity index (χ1) is 12.9. The van der Waals surface area contributed by atoms with Gasteiger partial charge in [-0.1, -0.05) is 29.3 Å². The highest BCUT2D eigenvalue weighted by atomic mass is 35.5. The van der Waals surface area contributed by atoms with Crippen LogP contribution in [0.5, 0.6) is 5.75 Å². The van der Waals surface area contributed by atoms with Crippen LogP contribution in [0.25, 0.3) is 0 Å². The second-order valence-electron chi connectivity index (χ2n) is 5.96. The molecule has 1 aromatic heterocycles. The molecule has 0 aliphatic heterocycles. The van der Waals surface area contributed by atoms with Crippen molar-refractivity contribution in [3.63, 3.8) is 0 Å². The first kappa shape index (κ1) is 19.1. The molecule has 27 heavy (non-hydrogen) atoms. The number of imidazole rings is 1. The lowest BCUT2D eigenvalue weighted by Gasteiger charge is -2.22. The number of aromatic nitrogens is 2. The number of nitrogens with zero attached hydrogens (tertiary/aromatic N) is 2. The highest BCUT2D eigenvalue weighted by molar-refractivity contribution is 6.35. The van der Waals surface area contributed by atoms with E-state index in [1.54, 1.807) is 42.9 Å². The number of benzene rings is 2. The number of carbonyl (C=O) groups is 1. The Bertz CT molecular complexity index is 945. The van der Waals surface area contributed by atoms with Crippen LogP contribution in [0.15, 0.2) is 55.1 Å². The van der Waals surface area contributed by atoms with E-state index >= 15 is 0 Å². The van der Waals surface area contributed by atoms with Gasteiger partial charge in [-0.25, -0.2) is 4.98 Å². The summed E-state index contributed by atoms with van der Waals surface area (Å²) in [6, 6.07) is 10.4. The zero-order valence-corrected chi connectivity index (χ0v) is 16.0. The second kappa shape index (κ2) is 8.33. The normalized spacial score (nSPS) is 11.8. The van der Waals surface area contributed by atoms with Gasteiger partial charge in [0.25, 0.3) is 0 Å². The summed E-state index contributed by atoms with van der Waals surface area (Å²) in [6.07, 6.45) is 4.85. The Morgan fingerprint density at radius 2 is 2.11 bits per heavy atom. The van der Waals surface area contributed by atoms with Crippen molar-refractivity contribution in [1.29, 1.82) is 0 Å². The molecule has 1 heterocycles. The minimum Gasteiger partial charge on any atom is -0.484 e. The van der Waals surface area contributed by atoms with Crippen molar-refractivity contribution in [2.45, 2.75) is 19.6 Å². The highest BCUT2D eigenvalue weighted by Gasteiger charge is 2.18. The fraction of sp³-hybridized carbons (Fsp3) is 0.158. The van der Waals surface area contributed by atoms with E-state index in [9.17, 15) is 4.79 Å². The third kappa shape index (κ3) is 4.93. The Balaban J connectivity index is 1.89. The number of nitrogens with one attached hydrogen (secondary N) is 1. The molecular weight excluding hydrogens is 387 g/mol. The summed E-state index contributed by atoms with van der Waals surface area (Å²) < 4.78 is 8.06. The first-order valence-corrected chi connectivity index (χ1v) is 8.92. The lowest BCUT2D eigenvalue weighted by Crippen LogP contribution is -2.15. The van der Waals surface area contributed by atoms with Gasteiger partial charge in [0.05, 0.1) is 24.2 Å². The van der Waals surface area contributed by atoms with Crippen molar-refractivity contribution in [1.82, 2.24) is 9.55 Å². The summed E-state index contributed by atoms with van der Waals surface area (Å²) in [7, 11) is 0. The van der Waals surface area contributed by atoms with Gasteiger partial charge in [0, 0.05) is 41.0 Å². The molecule has 0 saturated carbocycles. The molecule has 0 fully saturated rings. The Morgan fingerprint density at radius 1 is 1.30 bits per heavy atom. The summed E-state index contributed by atoms with van der Waals surface area (Å²) in [5.74, 6) is 0.360. The monoisotopic (exact) mass is 404 g/mol. The molecule has 0 bridgehead atoms. The molecule has 0 spiro atoms. The predicted octanol–water partition coefficient (Wildman–Crippen LogP) is 4.55. The minimum absolute atomic E-state index is 0.193. The van der Waals surface area contributed by atoms with E-state index in [0.717, 1.165) is 5.56 Å². The molecule has 0 radical (unpaired) electrons. The number of hydrogen-bond donors (Lipinski definition) is 2. The Hall–Kier alpha value is -2.70. The van der Waals surface area contributed by atoms with Crippen LogP contribution in [-0.2, 0) is 11.3 Å². The van der Waals surface area contributed by atoms with Gasteiger partial charge in [-0.15, -0.1) is 0 Å². The molecule has 1 atom stereocenters. The van der Waals surface area contributed by atoms with E-state index in [0.29, 0.717) is 33.7 Å². The average Bonchev–Trinajstić information content (AvgIpc) is 3.09. The maximum atomic E-state index is 11.2. The molecule has 1 unspecified atom stereocenters. The predicted molar refractivity (Wildman–Crippen MR) is 107 cm³/mol. The summed E-state index contributed by atoms with van der Waals surface area (Å²) in [4.78, 5) is 15.3. The third-order valence-corrected chi connectivity index (χ3v) is 4.42. The van der Waals surface area contributed by atoms with Crippen LogP contribution < -0.4 is 15.8 Å². The number of rotatable bonds is 6. The van der Waals surface area contributed by atoms with Gasteiger partial charge < -0.3 is 20.4 Å². The largest absolute Gasteiger partial charge is 0.484 e. The van der Waals surface area contributed by atoms with Crippen LogP contribution in [0.2, 0.25) is 10.0 Å². The van der Waals surface area contributed by atoms with E-state index in [2.05, 4.69) is 10.3 Å². The Labute approximate surface area is 166 Å². The van der Waals surface area contributed by atoms with Crippen molar-refractivity contribution in [3.05, 3.63) is 70.7 Å². The van der Waals surface area contributed by atoms with Crippen molar-refractivity contribution >= 4 is 40.5 Å². The van der Waals surface area contributed by atoms with Gasteiger partial charge in [-0.05, 0) is 24.3 Å². The fourth-order valence-electron chi connectivity index (χ4n) is 2.63. The van der Waals surface area contributed by atoms with E-state index in [-0.39, 0.29) is 5.91 Å². The smallest absolute Gasteiger partial charge is 0.221 e. The number of nitrogen functional groups attached to an aromatic ring is 1. The number of carbonyl (C=O) groups excluding carboxylic acids is 1. The van der Waals surface area contributed by atoms with E-state index in [1.165, 1.54) is 6.92 Å². The van der Waals surface area contributed by atoms with Gasteiger partial charge in [-0.3, -0.25) is 4.79 Å². The van der Waals surface area contributed by atoms with Crippen LogP contribution in [0.4, 0.5) is 11.4 Å². The molecule has 3 aromatic rings. The van der Waals surface area contributed by atoms with Gasteiger partial charge >= 0.3 is 0 Å². The molecule has 3 N–H and O–H groups in total. The summed E-state index contributed by atoms with van der Waals surface area (Å²) in [5.41, 5.74) is 7.75. The Morgan fingerprint density at radius 3 is 2.74 bits per heavy atom. The summed E-state index contributed by atoms with van der Waals surface area (Å²) in [6.45, 7) is 1.92. The van der Waals surface area contributed by atoms with Crippen LogP contribution in [-0.4, -0.2) is 15.5 Å². The molecule has 2 aromatic carbocycles. The van der Waals surface area contributed by atoms with Gasteiger partial charge in [0.1, 0.15) is 11.9 Å². The fourth-order valence-corrected chi connectivity index (χ4v) is 3.16. The molecule has 1 amide bonds. The van der Waals surface area contributed by atoms with Crippen molar-refractivity contribution in [3.8, 4) is 5.75 Å². The number of anilines is 2. The van der Waals surface area contributed by atoms with Gasteiger partial charge in [0.15, 0.2) is 0 Å². The molecule has 8 heteroatoms. The van der Waals surface area contributed by atoms with Crippen molar-refractivity contribution < 1.29 is 9.53 Å². The van der Waals surface area contributed by atoms with Crippen LogP contribution >= 0.6 is 23.2 Å². The second-order valence-corrected chi connectivity index (χ2v) is 6.81. The van der Waals surface area contributed by atoms with E-state index < -0.39 is 6.10 Å². The maximum absolute atomic E-state index is 11.2. The quantitative estimate of drug-likeness (QED) is 0.590. The lowest BCUT2D eigenvalue weighted by atomic mass is 10.1. The average molecular weight is 405 g/mol. The molecule has 3 rings (SSSR count).